The number of hydrogen-bond acceptors (Lipinski definition) is 4. The van der Waals surface area contributed by atoms with Gasteiger partial charge in [-0.05, 0) is 65.7 Å². The number of nitrogens with zero attached hydrogens (tertiary/aromatic N) is 3. The van der Waals surface area contributed by atoms with Crippen molar-refractivity contribution in [1.29, 1.82) is 0 Å². The first kappa shape index (κ1) is 25.3. The smallest absolute Gasteiger partial charge is 0.0621 e. The second-order valence-electron chi connectivity index (χ2n) is 7.97. The van der Waals surface area contributed by atoms with E-state index in [9.17, 15) is 0 Å². The Kier molecular flexibility index (Phi) is 13.6. The second kappa shape index (κ2) is 13.4. The molecule has 0 radical (unpaired) electrons. The van der Waals surface area contributed by atoms with Gasteiger partial charge in [0.05, 0.1) is 6.17 Å². The quantitative estimate of drug-likeness (QED) is 0.370. The topological polar surface area (TPSA) is 21.8 Å². The van der Waals surface area contributed by atoms with Gasteiger partial charge in [0.1, 0.15) is 0 Å². The van der Waals surface area contributed by atoms with Crippen LogP contribution in [-0.2, 0) is 0 Å². The number of hydrogen-bond donors (Lipinski definition) is 1. The monoisotopic (exact) mass is 374 g/mol. The molecular weight excluding hydrogens is 327 g/mol. The molecule has 0 aliphatic carbocycles. The van der Waals surface area contributed by atoms with E-state index >= 15 is 0 Å². The highest BCUT2D eigenvalue weighted by atomic mass is 31.1. The molecule has 0 spiro atoms. The molecule has 1 N–H and O–H groups in total. The van der Waals surface area contributed by atoms with Crippen molar-refractivity contribution >= 4 is 8.58 Å². The minimum absolute atomic E-state index is 0.428. The van der Waals surface area contributed by atoms with E-state index in [1.807, 2.05) is 0 Å². The second-order valence-corrected chi connectivity index (χ2v) is 9.88. The van der Waals surface area contributed by atoms with Crippen LogP contribution in [0.3, 0.4) is 0 Å². The van der Waals surface area contributed by atoms with E-state index in [1.165, 1.54) is 25.9 Å². The average molecular weight is 375 g/mol. The molecule has 0 amide bonds. The fourth-order valence-electron chi connectivity index (χ4n) is 3.92. The Morgan fingerprint density at radius 3 is 2.00 bits per heavy atom. The van der Waals surface area contributed by atoms with Crippen molar-refractivity contribution in [3.63, 3.8) is 0 Å². The molecule has 0 saturated heterocycles. The van der Waals surface area contributed by atoms with Crippen LogP contribution in [0.25, 0.3) is 0 Å². The van der Waals surface area contributed by atoms with Gasteiger partial charge in [0, 0.05) is 18.4 Å². The average Bonchev–Trinajstić information content (AvgIpc) is 2.54. The SMILES string of the molecule is CCCN(C)C(CC)C(PC(C)CN(C)CC)N(C)C(NC)C(C)C. The lowest BCUT2D eigenvalue weighted by molar-refractivity contribution is 0.0910. The maximum Gasteiger partial charge on any atom is 0.0621 e. The molecule has 0 rings (SSSR count). The molecular formula is C20H47N4P. The molecule has 0 bridgehead atoms. The van der Waals surface area contributed by atoms with E-state index in [1.54, 1.807) is 0 Å². The normalized spacial score (nSPS) is 18.0. The summed E-state index contributed by atoms with van der Waals surface area (Å²) in [6, 6.07) is 0.618. The van der Waals surface area contributed by atoms with E-state index < -0.39 is 0 Å². The van der Waals surface area contributed by atoms with Gasteiger partial charge in [-0.1, -0.05) is 50.1 Å². The highest BCUT2D eigenvalue weighted by Crippen LogP contribution is 2.35. The molecule has 0 aliphatic heterocycles. The number of likely N-dealkylation sites (N-methyl/N-ethyl adjacent to an activating group) is 2. The van der Waals surface area contributed by atoms with Crippen LogP contribution in [0.1, 0.15) is 54.4 Å². The Morgan fingerprint density at radius 1 is 1.00 bits per heavy atom. The molecule has 0 heterocycles. The van der Waals surface area contributed by atoms with Crippen molar-refractivity contribution < 1.29 is 0 Å². The van der Waals surface area contributed by atoms with Crippen LogP contribution < -0.4 is 5.32 Å². The zero-order valence-electron chi connectivity index (χ0n) is 18.8. The first-order chi connectivity index (χ1) is 11.7. The molecule has 5 atom stereocenters. The lowest BCUT2D eigenvalue weighted by Gasteiger charge is -2.45. The Hall–Kier alpha value is 0.270. The fraction of sp³-hybridized carbons (Fsp3) is 1.00. The van der Waals surface area contributed by atoms with Crippen LogP contribution in [0.2, 0.25) is 0 Å². The van der Waals surface area contributed by atoms with E-state index in [2.05, 4.69) is 89.7 Å². The van der Waals surface area contributed by atoms with Crippen molar-refractivity contribution in [1.82, 2.24) is 20.0 Å². The summed E-state index contributed by atoms with van der Waals surface area (Å²) < 4.78 is 0. The highest BCUT2D eigenvalue weighted by Gasteiger charge is 2.32. The molecule has 0 aromatic heterocycles. The van der Waals surface area contributed by atoms with Crippen molar-refractivity contribution in [2.24, 2.45) is 5.92 Å². The molecule has 0 aliphatic rings. The maximum atomic E-state index is 3.56. The summed E-state index contributed by atoms with van der Waals surface area (Å²) in [5.41, 5.74) is 0.728. The van der Waals surface area contributed by atoms with Crippen LogP contribution >= 0.6 is 8.58 Å². The molecule has 25 heavy (non-hydrogen) atoms. The third-order valence-electron chi connectivity index (χ3n) is 5.31. The standard InChI is InChI=1S/C20H47N4P/c1-11-14-23(9)18(12-2)20(24(10)19(21-7)16(4)5)25-17(6)15-22(8)13-3/h16-21,25H,11-15H2,1-10H3. The van der Waals surface area contributed by atoms with Crippen LogP contribution in [0.15, 0.2) is 0 Å². The van der Waals surface area contributed by atoms with Crippen LogP contribution in [0.5, 0.6) is 0 Å². The van der Waals surface area contributed by atoms with Gasteiger partial charge in [-0.25, -0.2) is 0 Å². The molecule has 0 fully saturated rings. The predicted octanol–water partition coefficient (Wildman–Crippen LogP) is 3.58. The first-order valence-electron chi connectivity index (χ1n) is 10.3. The molecule has 152 valence electrons. The molecule has 4 nitrogen and oxygen atoms in total. The predicted molar refractivity (Wildman–Crippen MR) is 117 cm³/mol. The van der Waals surface area contributed by atoms with Crippen molar-refractivity contribution in [3.05, 3.63) is 0 Å². The van der Waals surface area contributed by atoms with Crippen LogP contribution in [0.4, 0.5) is 0 Å². The summed E-state index contributed by atoms with van der Waals surface area (Å²) in [6.07, 6.45) is 2.86. The van der Waals surface area contributed by atoms with Gasteiger partial charge in [0.15, 0.2) is 0 Å². The molecule has 0 saturated carbocycles. The van der Waals surface area contributed by atoms with Gasteiger partial charge >= 0.3 is 0 Å². The van der Waals surface area contributed by atoms with E-state index in [0.717, 1.165) is 20.8 Å². The van der Waals surface area contributed by atoms with Gasteiger partial charge in [-0.15, -0.1) is 0 Å². The Balaban J connectivity index is 5.39. The van der Waals surface area contributed by atoms with E-state index in [0.29, 0.717) is 23.9 Å². The summed E-state index contributed by atoms with van der Waals surface area (Å²) in [4.78, 5) is 7.67. The van der Waals surface area contributed by atoms with Crippen LogP contribution in [-0.4, -0.2) is 86.2 Å². The number of rotatable bonds is 14. The van der Waals surface area contributed by atoms with Gasteiger partial charge in [-0.2, -0.15) is 0 Å². The summed E-state index contributed by atoms with van der Waals surface area (Å²) in [7, 11) is 9.94. The summed E-state index contributed by atoms with van der Waals surface area (Å²) in [6.45, 7) is 17.5. The van der Waals surface area contributed by atoms with Gasteiger partial charge < -0.3 is 15.1 Å². The molecule has 5 heteroatoms. The minimum atomic E-state index is 0.428. The first-order valence-corrected chi connectivity index (χ1v) is 11.4. The Labute approximate surface area is 160 Å². The Morgan fingerprint density at radius 2 is 1.60 bits per heavy atom. The Bertz CT molecular complexity index is 327. The zero-order valence-corrected chi connectivity index (χ0v) is 19.8. The van der Waals surface area contributed by atoms with Crippen molar-refractivity contribution in [2.75, 3.05) is 47.8 Å². The third kappa shape index (κ3) is 8.67. The maximum absolute atomic E-state index is 3.56. The van der Waals surface area contributed by atoms with E-state index in [-0.39, 0.29) is 0 Å². The lowest BCUT2D eigenvalue weighted by Crippen LogP contribution is -2.56. The fourth-order valence-corrected chi connectivity index (χ4v) is 6.02. The summed E-state index contributed by atoms with van der Waals surface area (Å²) in [5.74, 6) is 1.20. The molecule has 0 aromatic rings. The third-order valence-corrected chi connectivity index (χ3v) is 7.20. The summed E-state index contributed by atoms with van der Waals surface area (Å²) >= 11 is 0. The van der Waals surface area contributed by atoms with E-state index in [4.69, 9.17) is 0 Å². The van der Waals surface area contributed by atoms with Gasteiger partial charge in [-0.3, -0.25) is 4.90 Å². The van der Waals surface area contributed by atoms with Gasteiger partial charge in [0.2, 0.25) is 0 Å². The molecule has 0 aromatic carbocycles. The number of nitrogens with one attached hydrogen (secondary N) is 1. The van der Waals surface area contributed by atoms with Crippen molar-refractivity contribution in [2.45, 2.75) is 78.0 Å². The van der Waals surface area contributed by atoms with Gasteiger partial charge in [0.25, 0.3) is 0 Å². The van der Waals surface area contributed by atoms with Crippen LogP contribution in [0, 0.1) is 5.92 Å². The highest BCUT2D eigenvalue weighted by molar-refractivity contribution is 7.39. The zero-order chi connectivity index (χ0) is 19.6. The minimum Gasteiger partial charge on any atom is -0.306 e. The summed E-state index contributed by atoms with van der Waals surface area (Å²) in [5, 5.41) is 3.56. The largest absolute Gasteiger partial charge is 0.306 e. The lowest BCUT2D eigenvalue weighted by atomic mass is 10.1. The van der Waals surface area contributed by atoms with Crippen molar-refractivity contribution in [3.8, 4) is 0 Å². The molecule has 5 unspecified atom stereocenters.